The number of aromatic nitrogens is 1. The lowest BCUT2D eigenvalue weighted by Gasteiger charge is -2.12. The zero-order chi connectivity index (χ0) is 22.1. The van der Waals surface area contributed by atoms with Crippen molar-refractivity contribution in [1.82, 2.24) is 10.3 Å². The van der Waals surface area contributed by atoms with E-state index in [9.17, 15) is 9.59 Å². The number of carbonyl (C=O) groups is 2. The van der Waals surface area contributed by atoms with Crippen LogP contribution in [0.3, 0.4) is 0 Å². The smallest absolute Gasteiger partial charge is 0.257 e. The number of hydrogen-bond acceptors (Lipinski definition) is 7. The summed E-state index contributed by atoms with van der Waals surface area (Å²) in [6.45, 7) is 2.65. The van der Waals surface area contributed by atoms with Gasteiger partial charge in [-0.15, -0.1) is 11.3 Å². The second kappa shape index (κ2) is 11.0. The predicted molar refractivity (Wildman–Crippen MR) is 118 cm³/mol. The Morgan fingerprint density at radius 3 is 2.55 bits per heavy atom. The number of benzene rings is 2. The van der Waals surface area contributed by atoms with Crippen molar-refractivity contribution in [1.29, 1.82) is 0 Å². The van der Waals surface area contributed by atoms with E-state index in [2.05, 4.69) is 15.6 Å². The SMILES string of the molecule is CCNC(=O)COc1ccc(NC(=O)c2ccc(OCc3cscn3)c(OC)c2)cc1. The third-order valence-corrected chi connectivity index (χ3v) is 4.78. The Balaban J connectivity index is 1.58. The minimum Gasteiger partial charge on any atom is -0.493 e. The topological polar surface area (TPSA) is 98.8 Å². The molecule has 0 spiro atoms. The first-order valence-corrected chi connectivity index (χ1v) is 10.5. The van der Waals surface area contributed by atoms with Crippen LogP contribution >= 0.6 is 11.3 Å². The van der Waals surface area contributed by atoms with E-state index in [1.54, 1.807) is 48.0 Å². The summed E-state index contributed by atoms with van der Waals surface area (Å²) in [5.74, 6) is 1.04. The largest absolute Gasteiger partial charge is 0.493 e. The maximum absolute atomic E-state index is 12.6. The standard InChI is InChI=1S/C22H23N3O5S/c1-3-23-21(26)12-29-18-7-5-16(6-8-18)25-22(27)15-4-9-19(20(10-15)28-2)30-11-17-13-31-14-24-17/h4-10,13-14H,3,11-12H2,1-2H3,(H,23,26)(H,25,27). The molecule has 0 atom stereocenters. The number of thiazole rings is 1. The average molecular weight is 442 g/mol. The third-order valence-electron chi connectivity index (χ3n) is 4.14. The molecular weight excluding hydrogens is 418 g/mol. The van der Waals surface area contributed by atoms with Gasteiger partial charge in [0.15, 0.2) is 18.1 Å². The van der Waals surface area contributed by atoms with E-state index in [0.29, 0.717) is 41.7 Å². The van der Waals surface area contributed by atoms with Gasteiger partial charge in [-0.1, -0.05) is 0 Å². The molecular formula is C22H23N3O5S. The van der Waals surface area contributed by atoms with Crippen LogP contribution in [0.4, 0.5) is 5.69 Å². The lowest BCUT2D eigenvalue weighted by Crippen LogP contribution is -2.28. The Morgan fingerprint density at radius 2 is 1.87 bits per heavy atom. The second-order valence-electron chi connectivity index (χ2n) is 6.35. The van der Waals surface area contributed by atoms with E-state index in [-0.39, 0.29) is 18.4 Å². The van der Waals surface area contributed by atoms with Crippen molar-refractivity contribution >= 4 is 28.8 Å². The normalized spacial score (nSPS) is 10.3. The molecule has 1 aromatic heterocycles. The Labute approximate surface area is 184 Å². The molecule has 0 aliphatic carbocycles. The summed E-state index contributed by atoms with van der Waals surface area (Å²) in [7, 11) is 1.52. The number of hydrogen-bond donors (Lipinski definition) is 2. The van der Waals surface area contributed by atoms with Crippen LogP contribution in [0.5, 0.6) is 17.2 Å². The fraction of sp³-hybridized carbons (Fsp3) is 0.227. The number of amides is 2. The fourth-order valence-corrected chi connectivity index (χ4v) is 3.17. The molecule has 162 valence electrons. The zero-order valence-corrected chi connectivity index (χ0v) is 18.0. The van der Waals surface area contributed by atoms with Crippen LogP contribution in [0.15, 0.2) is 53.4 Å². The molecule has 3 rings (SSSR count). The highest BCUT2D eigenvalue weighted by atomic mass is 32.1. The fourth-order valence-electron chi connectivity index (χ4n) is 2.62. The lowest BCUT2D eigenvalue weighted by molar-refractivity contribution is -0.122. The molecule has 9 heteroatoms. The quantitative estimate of drug-likeness (QED) is 0.500. The number of ether oxygens (including phenoxy) is 3. The molecule has 0 saturated carbocycles. The summed E-state index contributed by atoms with van der Waals surface area (Å²) >= 11 is 1.50. The number of nitrogens with zero attached hydrogens (tertiary/aromatic N) is 1. The van der Waals surface area contributed by atoms with Gasteiger partial charge in [-0.3, -0.25) is 9.59 Å². The van der Waals surface area contributed by atoms with Crippen LogP contribution in [-0.4, -0.2) is 37.1 Å². The summed E-state index contributed by atoms with van der Waals surface area (Å²) in [6, 6.07) is 11.8. The van der Waals surface area contributed by atoms with E-state index >= 15 is 0 Å². The molecule has 8 nitrogen and oxygen atoms in total. The molecule has 0 unspecified atom stereocenters. The molecule has 0 aliphatic rings. The van der Waals surface area contributed by atoms with Crippen molar-refractivity contribution in [3.63, 3.8) is 0 Å². The molecule has 0 bridgehead atoms. The lowest BCUT2D eigenvalue weighted by atomic mass is 10.1. The van der Waals surface area contributed by atoms with Crippen LogP contribution < -0.4 is 24.8 Å². The van der Waals surface area contributed by atoms with E-state index in [1.165, 1.54) is 18.4 Å². The van der Waals surface area contributed by atoms with Gasteiger partial charge in [-0.2, -0.15) is 0 Å². The van der Waals surface area contributed by atoms with E-state index < -0.39 is 0 Å². The average Bonchev–Trinajstić information content (AvgIpc) is 3.31. The maximum Gasteiger partial charge on any atom is 0.257 e. The molecule has 31 heavy (non-hydrogen) atoms. The molecule has 2 aromatic carbocycles. The van der Waals surface area contributed by atoms with Crippen LogP contribution in [-0.2, 0) is 11.4 Å². The summed E-state index contributed by atoms with van der Waals surface area (Å²) in [5, 5.41) is 7.38. The Kier molecular flexibility index (Phi) is 7.83. The Hall–Kier alpha value is -3.59. The van der Waals surface area contributed by atoms with Crippen molar-refractivity contribution in [2.45, 2.75) is 13.5 Å². The molecule has 2 amide bonds. The molecule has 3 aromatic rings. The highest BCUT2D eigenvalue weighted by molar-refractivity contribution is 7.07. The highest BCUT2D eigenvalue weighted by Crippen LogP contribution is 2.29. The van der Waals surface area contributed by atoms with Gasteiger partial charge in [-0.05, 0) is 49.4 Å². The van der Waals surface area contributed by atoms with Gasteiger partial charge >= 0.3 is 0 Å². The van der Waals surface area contributed by atoms with Gasteiger partial charge < -0.3 is 24.8 Å². The maximum atomic E-state index is 12.6. The zero-order valence-electron chi connectivity index (χ0n) is 17.2. The summed E-state index contributed by atoms with van der Waals surface area (Å²) < 4.78 is 16.5. The van der Waals surface area contributed by atoms with E-state index in [0.717, 1.165) is 5.69 Å². The number of anilines is 1. The first-order valence-electron chi connectivity index (χ1n) is 9.58. The van der Waals surface area contributed by atoms with E-state index in [1.807, 2.05) is 12.3 Å². The van der Waals surface area contributed by atoms with Gasteiger partial charge in [0.25, 0.3) is 11.8 Å². The predicted octanol–water partition coefficient (Wildman–Crippen LogP) is 3.50. The van der Waals surface area contributed by atoms with Crippen LogP contribution in [0, 0.1) is 0 Å². The number of carbonyl (C=O) groups excluding carboxylic acids is 2. The van der Waals surface area contributed by atoms with Gasteiger partial charge in [-0.25, -0.2) is 4.98 Å². The monoisotopic (exact) mass is 441 g/mol. The summed E-state index contributed by atoms with van der Waals surface area (Å²) in [4.78, 5) is 28.2. The first kappa shape index (κ1) is 22.1. The van der Waals surface area contributed by atoms with Gasteiger partial charge in [0.1, 0.15) is 12.4 Å². The number of methoxy groups -OCH3 is 1. The first-order chi connectivity index (χ1) is 15.1. The van der Waals surface area contributed by atoms with Crippen molar-refractivity contribution < 1.29 is 23.8 Å². The third kappa shape index (κ3) is 6.45. The number of likely N-dealkylation sites (N-methyl/N-ethyl adjacent to an activating group) is 1. The molecule has 0 fully saturated rings. The summed E-state index contributed by atoms with van der Waals surface area (Å²) in [6.07, 6.45) is 0. The van der Waals surface area contributed by atoms with Crippen molar-refractivity contribution in [2.75, 3.05) is 25.6 Å². The minimum absolute atomic E-state index is 0.0593. The second-order valence-corrected chi connectivity index (χ2v) is 7.07. The molecule has 1 heterocycles. The van der Waals surface area contributed by atoms with Crippen molar-refractivity contribution in [3.05, 3.63) is 64.6 Å². The van der Waals surface area contributed by atoms with Crippen molar-refractivity contribution in [2.24, 2.45) is 0 Å². The van der Waals surface area contributed by atoms with Crippen LogP contribution in [0.25, 0.3) is 0 Å². The van der Waals surface area contributed by atoms with Crippen LogP contribution in [0.2, 0.25) is 0 Å². The number of rotatable bonds is 10. The van der Waals surface area contributed by atoms with Crippen molar-refractivity contribution in [3.8, 4) is 17.2 Å². The summed E-state index contributed by atoms with van der Waals surface area (Å²) in [5.41, 5.74) is 3.59. The van der Waals surface area contributed by atoms with E-state index in [4.69, 9.17) is 14.2 Å². The van der Waals surface area contributed by atoms with Gasteiger partial charge in [0.05, 0.1) is 18.3 Å². The molecule has 0 saturated heterocycles. The minimum atomic E-state index is -0.291. The number of nitrogens with one attached hydrogen (secondary N) is 2. The Morgan fingerprint density at radius 1 is 1.06 bits per heavy atom. The molecule has 0 aliphatic heterocycles. The molecule has 0 radical (unpaired) electrons. The van der Waals surface area contributed by atoms with Crippen LogP contribution in [0.1, 0.15) is 23.0 Å². The van der Waals surface area contributed by atoms with Gasteiger partial charge in [0, 0.05) is 23.2 Å². The Bertz CT molecular complexity index is 1010. The van der Waals surface area contributed by atoms with Gasteiger partial charge in [0.2, 0.25) is 0 Å². The molecule has 2 N–H and O–H groups in total. The highest BCUT2D eigenvalue weighted by Gasteiger charge is 2.12.